The van der Waals surface area contributed by atoms with Crippen LogP contribution in [0.25, 0.3) is 0 Å². The second kappa shape index (κ2) is 3.81. The molecule has 0 aromatic carbocycles. The molecule has 1 aliphatic rings. The van der Waals surface area contributed by atoms with Crippen LogP contribution in [0.3, 0.4) is 0 Å². The summed E-state index contributed by atoms with van der Waals surface area (Å²) < 4.78 is 0. The van der Waals surface area contributed by atoms with Gasteiger partial charge < -0.3 is 0 Å². The first-order valence-corrected chi connectivity index (χ1v) is 5.88. The molecule has 0 spiro atoms. The number of rotatable bonds is 3. The van der Waals surface area contributed by atoms with Crippen LogP contribution in [0.4, 0.5) is 0 Å². The van der Waals surface area contributed by atoms with Gasteiger partial charge in [-0.05, 0) is 37.6 Å². The minimum atomic E-state index is 0.690. The predicted octanol–water partition coefficient (Wildman–Crippen LogP) is 3.08. The quantitative estimate of drug-likeness (QED) is 0.716. The van der Waals surface area contributed by atoms with Gasteiger partial charge in [-0.15, -0.1) is 11.3 Å². The SMILES string of the molecule is CC(C)c1ccc(CN2CCC2)s1. The van der Waals surface area contributed by atoms with Crippen LogP contribution in [0.5, 0.6) is 0 Å². The van der Waals surface area contributed by atoms with Crippen LogP contribution in [-0.2, 0) is 6.54 Å². The average Bonchev–Trinajstić information content (AvgIpc) is 2.44. The summed E-state index contributed by atoms with van der Waals surface area (Å²) in [4.78, 5) is 5.56. The smallest absolute Gasteiger partial charge is 0.0328 e. The lowest BCUT2D eigenvalue weighted by Crippen LogP contribution is -2.35. The van der Waals surface area contributed by atoms with Crippen molar-refractivity contribution < 1.29 is 0 Å². The molecule has 13 heavy (non-hydrogen) atoms. The van der Waals surface area contributed by atoms with E-state index in [1.807, 2.05) is 11.3 Å². The van der Waals surface area contributed by atoms with Gasteiger partial charge >= 0.3 is 0 Å². The fraction of sp³-hybridized carbons (Fsp3) is 0.636. The van der Waals surface area contributed by atoms with Crippen LogP contribution in [0.1, 0.15) is 35.9 Å². The van der Waals surface area contributed by atoms with Crippen LogP contribution >= 0.6 is 11.3 Å². The number of nitrogens with zero attached hydrogens (tertiary/aromatic N) is 1. The highest BCUT2D eigenvalue weighted by molar-refractivity contribution is 7.12. The van der Waals surface area contributed by atoms with E-state index in [0.29, 0.717) is 5.92 Å². The molecule has 0 aliphatic carbocycles. The lowest BCUT2D eigenvalue weighted by atomic mass is 10.2. The second-order valence-electron chi connectivity index (χ2n) is 4.09. The molecule has 1 saturated heterocycles. The third-order valence-electron chi connectivity index (χ3n) is 2.58. The van der Waals surface area contributed by atoms with E-state index >= 15 is 0 Å². The fourth-order valence-corrected chi connectivity index (χ4v) is 2.61. The minimum Gasteiger partial charge on any atom is -0.298 e. The summed E-state index contributed by atoms with van der Waals surface area (Å²) in [7, 11) is 0. The molecular weight excluding hydrogens is 178 g/mol. The van der Waals surface area contributed by atoms with Crippen molar-refractivity contribution in [1.29, 1.82) is 0 Å². The molecule has 2 rings (SSSR count). The summed E-state index contributed by atoms with van der Waals surface area (Å²) in [6.07, 6.45) is 1.39. The van der Waals surface area contributed by atoms with Crippen molar-refractivity contribution in [2.45, 2.75) is 32.7 Å². The first-order valence-electron chi connectivity index (χ1n) is 5.06. The molecule has 0 amide bonds. The molecule has 72 valence electrons. The van der Waals surface area contributed by atoms with Gasteiger partial charge in [-0.2, -0.15) is 0 Å². The Kier molecular flexibility index (Phi) is 2.70. The Morgan fingerprint density at radius 2 is 2.15 bits per heavy atom. The van der Waals surface area contributed by atoms with Crippen LogP contribution in [0.2, 0.25) is 0 Å². The number of likely N-dealkylation sites (tertiary alicyclic amines) is 1. The Labute approximate surface area is 84.4 Å². The van der Waals surface area contributed by atoms with Gasteiger partial charge in [0.25, 0.3) is 0 Å². The van der Waals surface area contributed by atoms with Gasteiger partial charge in [0.1, 0.15) is 0 Å². The molecule has 0 atom stereocenters. The fourth-order valence-electron chi connectivity index (χ4n) is 1.55. The normalized spacial score (nSPS) is 17.8. The third-order valence-corrected chi connectivity index (χ3v) is 3.95. The Bertz CT molecular complexity index is 273. The standard InChI is InChI=1S/C11H17NS/c1-9(2)11-5-4-10(13-11)8-12-6-3-7-12/h4-5,9H,3,6-8H2,1-2H3. The van der Waals surface area contributed by atoms with Crippen LogP contribution in [0, 0.1) is 0 Å². The molecule has 1 aliphatic heterocycles. The van der Waals surface area contributed by atoms with E-state index in [9.17, 15) is 0 Å². The Balaban J connectivity index is 1.96. The average molecular weight is 195 g/mol. The maximum absolute atomic E-state index is 2.51. The highest BCUT2D eigenvalue weighted by Crippen LogP contribution is 2.26. The van der Waals surface area contributed by atoms with Crippen molar-refractivity contribution in [3.63, 3.8) is 0 Å². The zero-order valence-electron chi connectivity index (χ0n) is 8.42. The molecule has 2 heterocycles. The van der Waals surface area contributed by atoms with Gasteiger partial charge in [0.05, 0.1) is 0 Å². The molecule has 1 aromatic heterocycles. The lowest BCUT2D eigenvalue weighted by Gasteiger charge is -2.29. The van der Waals surface area contributed by atoms with E-state index in [1.54, 1.807) is 0 Å². The Hall–Kier alpha value is -0.340. The first-order chi connectivity index (χ1) is 6.25. The van der Waals surface area contributed by atoms with Crippen molar-refractivity contribution in [2.24, 2.45) is 0 Å². The monoisotopic (exact) mass is 195 g/mol. The second-order valence-corrected chi connectivity index (χ2v) is 5.29. The summed E-state index contributed by atoms with van der Waals surface area (Å²) in [5.41, 5.74) is 0. The van der Waals surface area contributed by atoms with Crippen molar-refractivity contribution in [3.8, 4) is 0 Å². The van der Waals surface area contributed by atoms with Gasteiger partial charge in [0.15, 0.2) is 0 Å². The maximum atomic E-state index is 2.51. The van der Waals surface area contributed by atoms with E-state index < -0.39 is 0 Å². The zero-order valence-corrected chi connectivity index (χ0v) is 9.23. The number of hydrogen-bond donors (Lipinski definition) is 0. The molecule has 1 aromatic rings. The summed E-state index contributed by atoms with van der Waals surface area (Å²) in [6, 6.07) is 4.57. The van der Waals surface area contributed by atoms with E-state index in [0.717, 1.165) is 0 Å². The van der Waals surface area contributed by atoms with Gasteiger partial charge in [-0.3, -0.25) is 4.90 Å². The van der Waals surface area contributed by atoms with Crippen molar-refractivity contribution in [1.82, 2.24) is 4.90 Å². The molecule has 0 bridgehead atoms. The molecule has 0 saturated carbocycles. The van der Waals surface area contributed by atoms with Gasteiger partial charge in [0, 0.05) is 16.3 Å². The van der Waals surface area contributed by atoms with E-state index in [-0.39, 0.29) is 0 Å². The molecule has 1 nitrogen and oxygen atoms in total. The molecule has 1 fully saturated rings. The minimum absolute atomic E-state index is 0.690. The van der Waals surface area contributed by atoms with E-state index in [4.69, 9.17) is 0 Å². The summed E-state index contributed by atoms with van der Waals surface area (Å²) >= 11 is 1.98. The van der Waals surface area contributed by atoms with E-state index in [1.165, 1.54) is 35.8 Å². The highest BCUT2D eigenvalue weighted by atomic mass is 32.1. The van der Waals surface area contributed by atoms with Gasteiger partial charge in [0.2, 0.25) is 0 Å². The third kappa shape index (κ3) is 2.12. The molecule has 0 unspecified atom stereocenters. The molecule has 0 N–H and O–H groups in total. The Morgan fingerprint density at radius 3 is 2.62 bits per heavy atom. The van der Waals surface area contributed by atoms with Crippen molar-refractivity contribution in [3.05, 3.63) is 21.9 Å². The van der Waals surface area contributed by atoms with Crippen LogP contribution in [0.15, 0.2) is 12.1 Å². The van der Waals surface area contributed by atoms with Crippen molar-refractivity contribution in [2.75, 3.05) is 13.1 Å². The summed E-state index contributed by atoms with van der Waals surface area (Å²) in [6.45, 7) is 8.31. The van der Waals surface area contributed by atoms with Gasteiger partial charge in [-0.1, -0.05) is 13.8 Å². The Morgan fingerprint density at radius 1 is 1.38 bits per heavy atom. The van der Waals surface area contributed by atoms with Crippen molar-refractivity contribution >= 4 is 11.3 Å². The lowest BCUT2D eigenvalue weighted by molar-refractivity contribution is 0.174. The molecular formula is C11H17NS. The molecule has 0 radical (unpaired) electrons. The van der Waals surface area contributed by atoms with Crippen LogP contribution in [-0.4, -0.2) is 18.0 Å². The maximum Gasteiger partial charge on any atom is 0.0328 e. The first kappa shape index (κ1) is 9.22. The zero-order chi connectivity index (χ0) is 9.26. The van der Waals surface area contributed by atoms with Gasteiger partial charge in [-0.25, -0.2) is 0 Å². The van der Waals surface area contributed by atoms with Crippen LogP contribution < -0.4 is 0 Å². The summed E-state index contributed by atoms with van der Waals surface area (Å²) in [5, 5.41) is 0. The topological polar surface area (TPSA) is 3.24 Å². The molecule has 2 heteroatoms. The number of hydrogen-bond acceptors (Lipinski definition) is 2. The highest BCUT2D eigenvalue weighted by Gasteiger charge is 2.14. The predicted molar refractivity (Wildman–Crippen MR) is 58.3 cm³/mol. The number of thiophene rings is 1. The largest absolute Gasteiger partial charge is 0.298 e. The summed E-state index contributed by atoms with van der Waals surface area (Å²) in [5.74, 6) is 0.690. The van der Waals surface area contributed by atoms with E-state index in [2.05, 4.69) is 30.9 Å².